The van der Waals surface area contributed by atoms with Gasteiger partial charge in [-0.15, -0.1) is 0 Å². The van der Waals surface area contributed by atoms with Crippen LogP contribution in [0.5, 0.6) is 0 Å². The van der Waals surface area contributed by atoms with Crippen molar-refractivity contribution in [3.8, 4) is 11.3 Å². The lowest BCUT2D eigenvalue weighted by molar-refractivity contribution is 0.447. The molecule has 3 aromatic rings. The lowest BCUT2D eigenvalue weighted by atomic mass is 10.1. The van der Waals surface area contributed by atoms with Crippen molar-refractivity contribution in [1.29, 1.82) is 0 Å². The third-order valence-corrected chi connectivity index (χ3v) is 3.23. The van der Waals surface area contributed by atoms with Crippen LogP contribution in [0.1, 0.15) is 0 Å². The molecule has 0 atom stereocenters. The summed E-state index contributed by atoms with van der Waals surface area (Å²) >= 11 is 0. The van der Waals surface area contributed by atoms with Gasteiger partial charge >= 0.3 is 0 Å². The summed E-state index contributed by atoms with van der Waals surface area (Å²) in [5.74, 6) is -3.80. The van der Waals surface area contributed by atoms with Gasteiger partial charge in [-0.25, -0.2) is 13.2 Å². The molecule has 0 saturated heterocycles. The summed E-state index contributed by atoms with van der Waals surface area (Å²) in [4.78, 5) is 0. The van der Waals surface area contributed by atoms with Crippen LogP contribution in [0, 0.1) is 17.5 Å². The summed E-state index contributed by atoms with van der Waals surface area (Å²) in [6.45, 7) is 0. The third-order valence-electron chi connectivity index (χ3n) is 3.23. The Labute approximate surface area is 107 Å². The van der Waals surface area contributed by atoms with Gasteiger partial charge in [-0.3, -0.25) is 0 Å². The van der Waals surface area contributed by atoms with Crippen molar-refractivity contribution >= 4 is 10.9 Å². The second-order valence-corrected chi connectivity index (χ2v) is 4.40. The molecule has 0 radical (unpaired) electrons. The second kappa shape index (κ2) is 4.16. The van der Waals surface area contributed by atoms with Crippen LogP contribution in [0.4, 0.5) is 13.2 Å². The third kappa shape index (κ3) is 1.80. The number of benzene rings is 2. The Morgan fingerprint density at radius 3 is 2.16 bits per heavy atom. The minimum absolute atomic E-state index is 0.315. The highest BCUT2D eigenvalue weighted by Gasteiger charge is 2.14. The maximum atomic E-state index is 13.3. The van der Waals surface area contributed by atoms with Gasteiger partial charge in [-0.1, -0.05) is 18.2 Å². The first-order chi connectivity index (χ1) is 9.08. The first kappa shape index (κ1) is 11.8. The summed E-state index contributed by atoms with van der Waals surface area (Å²) < 4.78 is 41.4. The zero-order chi connectivity index (χ0) is 13.6. The van der Waals surface area contributed by atoms with Crippen molar-refractivity contribution in [2.24, 2.45) is 7.05 Å². The number of hydrogen-bond donors (Lipinski definition) is 0. The molecule has 1 heterocycles. The molecule has 0 aliphatic carbocycles. The Kier molecular flexibility index (Phi) is 2.59. The van der Waals surface area contributed by atoms with Crippen LogP contribution in [0.2, 0.25) is 0 Å². The van der Waals surface area contributed by atoms with E-state index in [1.165, 1.54) is 0 Å². The summed E-state index contributed by atoms with van der Waals surface area (Å²) in [5, 5.41) is 0.963. The molecule has 0 amide bonds. The Morgan fingerprint density at radius 2 is 1.53 bits per heavy atom. The predicted octanol–water partition coefficient (Wildman–Crippen LogP) is 4.26. The fraction of sp³-hybridized carbons (Fsp3) is 0.0667. The summed E-state index contributed by atoms with van der Waals surface area (Å²) in [5.41, 5.74) is 1.90. The molecule has 2 aromatic carbocycles. The molecule has 19 heavy (non-hydrogen) atoms. The standard InChI is InChI=1S/C15H10F3N/c1-19-13-5-3-2-4-9(13)8-14(19)10-6-11(16)15(18)12(17)7-10/h2-8H,1H3. The number of halogens is 3. The van der Waals surface area contributed by atoms with Gasteiger partial charge in [0.25, 0.3) is 0 Å². The van der Waals surface area contributed by atoms with Crippen LogP contribution in [0.15, 0.2) is 42.5 Å². The van der Waals surface area contributed by atoms with Crippen LogP contribution < -0.4 is 0 Å². The molecule has 0 N–H and O–H groups in total. The van der Waals surface area contributed by atoms with Gasteiger partial charge < -0.3 is 4.57 Å². The maximum Gasteiger partial charge on any atom is 0.194 e. The van der Waals surface area contributed by atoms with Gasteiger partial charge in [-0.2, -0.15) is 0 Å². The van der Waals surface area contributed by atoms with E-state index < -0.39 is 17.5 Å². The minimum atomic E-state index is -1.44. The van der Waals surface area contributed by atoms with E-state index in [0.29, 0.717) is 11.3 Å². The van der Waals surface area contributed by atoms with Crippen molar-refractivity contribution < 1.29 is 13.2 Å². The predicted molar refractivity (Wildman–Crippen MR) is 68.2 cm³/mol. The van der Waals surface area contributed by atoms with Crippen LogP contribution in [0.25, 0.3) is 22.2 Å². The minimum Gasteiger partial charge on any atom is -0.344 e. The first-order valence-electron chi connectivity index (χ1n) is 5.77. The average molecular weight is 261 g/mol. The highest BCUT2D eigenvalue weighted by Crippen LogP contribution is 2.29. The van der Waals surface area contributed by atoms with E-state index in [0.717, 1.165) is 23.0 Å². The van der Waals surface area contributed by atoms with E-state index in [1.807, 2.05) is 34.9 Å². The lowest BCUT2D eigenvalue weighted by Gasteiger charge is -2.05. The van der Waals surface area contributed by atoms with Gasteiger partial charge in [0.1, 0.15) is 0 Å². The Hall–Kier alpha value is -2.23. The molecule has 3 rings (SSSR count). The van der Waals surface area contributed by atoms with E-state index in [1.54, 1.807) is 7.05 Å². The number of para-hydroxylation sites is 1. The molecular weight excluding hydrogens is 251 g/mol. The Morgan fingerprint density at radius 1 is 0.895 bits per heavy atom. The van der Waals surface area contributed by atoms with Crippen molar-refractivity contribution in [3.63, 3.8) is 0 Å². The highest BCUT2D eigenvalue weighted by molar-refractivity contribution is 5.86. The molecule has 1 nitrogen and oxygen atoms in total. The topological polar surface area (TPSA) is 4.93 Å². The zero-order valence-electron chi connectivity index (χ0n) is 10.1. The van der Waals surface area contributed by atoms with E-state index >= 15 is 0 Å². The molecule has 0 saturated carbocycles. The largest absolute Gasteiger partial charge is 0.344 e. The fourth-order valence-electron chi connectivity index (χ4n) is 2.27. The molecule has 0 unspecified atom stereocenters. The van der Waals surface area contributed by atoms with Crippen molar-refractivity contribution in [2.45, 2.75) is 0 Å². The number of rotatable bonds is 1. The van der Waals surface area contributed by atoms with E-state index in [2.05, 4.69) is 0 Å². The monoisotopic (exact) mass is 261 g/mol. The molecule has 1 aromatic heterocycles. The van der Waals surface area contributed by atoms with Gasteiger partial charge in [0.05, 0.1) is 0 Å². The molecule has 0 aliphatic rings. The number of nitrogens with zero attached hydrogens (tertiary/aromatic N) is 1. The Balaban J connectivity index is 2.27. The van der Waals surface area contributed by atoms with Crippen LogP contribution >= 0.6 is 0 Å². The van der Waals surface area contributed by atoms with Crippen LogP contribution in [-0.4, -0.2) is 4.57 Å². The van der Waals surface area contributed by atoms with Gasteiger partial charge in [0.2, 0.25) is 0 Å². The normalized spacial score (nSPS) is 11.2. The molecule has 4 heteroatoms. The quantitative estimate of drug-likeness (QED) is 0.577. The second-order valence-electron chi connectivity index (χ2n) is 4.40. The fourth-order valence-corrected chi connectivity index (χ4v) is 2.27. The number of hydrogen-bond acceptors (Lipinski definition) is 0. The molecule has 0 bridgehead atoms. The smallest absolute Gasteiger partial charge is 0.194 e. The summed E-state index contributed by atoms with van der Waals surface area (Å²) in [7, 11) is 1.80. The maximum absolute atomic E-state index is 13.3. The van der Waals surface area contributed by atoms with Crippen molar-refractivity contribution in [2.75, 3.05) is 0 Å². The summed E-state index contributed by atoms with van der Waals surface area (Å²) in [6, 6.07) is 11.4. The molecule has 0 aliphatic heterocycles. The van der Waals surface area contributed by atoms with Gasteiger partial charge in [0, 0.05) is 29.2 Å². The average Bonchev–Trinajstić information content (AvgIpc) is 2.73. The van der Waals surface area contributed by atoms with E-state index in [4.69, 9.17) is 0 Å². The van der Waals surface area contributed by atoms with E-state index in [-0.39, 0.29) is 0 Å². The van der Waals surface area contributed by atoms with Crippen LogP contribution in [-0.2, 0) is 7.05 Å². The lowest BCUT2D eigenvalue weighted by Crippen LogP contribution is -1.95. The molecule has 96 valence electrons. The Bertz CT molecular complexity index is 751. The van der Waals surface area contributed by atoms with Crippen molar-refractivity contribution in [3.05, 3.63) is 59.9 Å². The number of aryl methyl sites for hydroxylation is 1. The van der Waals surface area contributed by atoms with Crippen molar-refractivity contribution in [1.82, 2.24) is 4.57 Å². The van der Waals surface area contributed by atoms with Gasteiger partial charge in [0.15, 0.2) is 17.5 Å². The first-order valence-corrected chi connectivity index (χ1v) is 5.77. The number of fused-ring (bicyclic) bond motifs is 1. The zero-order valence-corrected chi connectivity index (χ0v) is 10.1. The molecule has 0 spiro atoms. The summed E-state index contributed by atoms with van der Waals surface area (Å²) in [6.07, 6.45) is 0. The van der Waals surface area contributed by atoms with Gasteiger partial charge in [-0.05, 0) is 24.3 Å². The van der Waals surface area contributed by atoms with E-state index in [9.17, 15) is 13.2 Å². The van der Waals surface area contributed by atoms with Crippen LogP contribution in [0.3, 0.4) is 0 Å². The SMILES string of the molecule is Cn1c(-c2cc(F)c(F)c(F)c2)cc2ccccc21. The molecular formula is C15H10F3N. The highest BCUT2D eigenvalue weighted by atomic mass is 19.2. The molecule has 0 fully saturated rings. The number of aromatic nitrogens is 1.